The molecule has 3 nitrogen and oxygen atoms in total. The van der Waals surface area contributed by atoms with E-state index in [-0.39, 0.29) is 0 Å². The highest BCUT2D eigenvalue weighted by Crippen LogP contribution is 2.28. The molecule has 0 aromatic heterocycles. The van der Waals surface area contributed by atoms with Crippen LogP contribution in [-0.4, -0.2) is 13.7 Å². The number of nitrogens with one attached hydrogen (secondary N) is 3. The van der Waals surface area contributed by atoms with Gasteiger partial charge in [-0.3, -0.25) is 0 Å². The van der Waals surface area contributed by atoms with Crippen molar-refractivity contribution >= 4 is 17.1 Å². The van der Waals surface area contributed by atoms with Gasteiger partial charge in [0, 0.05) is 12.7 Å². The third kappa shape index (κ3) is 0.981. The van der Waals surface area contributed by atoms with E-state index in [9.17, 15) is 0 Å². The van der Waals surface area contributed by atoms with Gasteiger partial charge in [0.05, 0.1) is 18.0 Å². The first-order valence-corrected chi connectivity index (χ1v) is 3.70. The Morgan fingerprint density at radius 1 is 1.27 bits per heavy atom. The second kappa shape index (κ2) is 2.34. The van der Waals surface area contributed by atoms with Crippen LogP contribution in [0.4, 0.5) is 17.1 Å². The second-order valence-electron chi connectivity index (χ2n) is 2.54. The lowest BCUT2D eigenvalue weighted by Gasteiger charge is -2.02. The van der Waals surface area contributed by atoms with Gasteiger partial charge in [-0.05, 0) is 18.2 Å². The molecule has 58 valence electrons. The van der Waals surface area contributed by atoms with Crippen LogP contribution < -0.4 is 16.0 Å². The van der Waals surface area contributed by atoms with Gasteiger partial charge < -0.3 is 16.0 Å². The topological polar surface area (TPSA) is 36.1 Å². The first-order chi connectivity index (χ1) is 5.40. The molecule has 0 fully saturated rings. The minimum Gasteiger partial charge on any atom is -0.388 e. The van der Waals surface area contributed by atoms with Crippen molar-refractivity contribution in [1.29, 1.82) is 0 Å². The Balaban J connectivity index is 2.41. The normalized spacial score (nSPS) is 13.2. The summed E-state index contributed by atoms with van der Waals surface area (Å²) in [6.45, 7) is 0.836. The van der Waals surface area contributed by atoms with E-state index in [2.05, 4.69) is 34.1 Å². The number of benzene rings is 1. The molecule has 0 aliphatic carbocycles. The Kier molecular flexibility index (Phi) is 1.35. The van der Waals surface area contributed by atoms with Gasteiger partial charge >= 0.3 is 0 Å². The molecule has 0 bridgehead atoms. The van der Waals surface area contributed by atoms with E-state index in [1.807, 2.05) is 7.05 Å². The van der Waals surface area contributed by atoms with E-state index in [1.165, 1.54) is 11.4 Å². The molecule has 1 aromatic rings. The average Bonchev–Trinajstić information content (AvgIpc) is 2.50. The first kappa shape index (κ1) is 6.34. The summed E-state index contributed by atoms with van der Waals surface area (Å²) in [6.07, 6.45) is 0. The number of rotatable bonds is 1. The van der Waals surface area contributed by atoms with Crippen LogP contribution in [0, 0.1) is 0 Å². The van der Waals surface area contributed by atoms with Gasteiger partial charge in [0.15, 0.2) is 0 Å². The van der Waals surface area contributed by atoms with Gasteiger partial charge in [0.2, 0.25) is 0 Å². The molecule has 0 unspecified atom stereocenters. The Morgan fingerprint density at radius 2 is 2.09 bits per heavy atom. The molecule has 1 aromatic carbocycles. The summed E-state index contributed by atoms with van der Waals surface area (Å²) < 4.78 is 0. The minimum atomic E-state index is 0.836. The van der Waals surface area contributed by atoms with E-state index in [0.29, 0.717) is 0 Å². The second-order valence-corrected chi connectivity index (χ2v) is 2.54. The minimum absolute atomic E-state index is 0.836. The summed E-state index contributed by atoms with van der Waals surface area (Å²) in [7, 11) is 1.92. The molecule has 2 rings (SSSR count). The number of hydrogen-bond acceptors (Lipinski definition) is 3. The molecule has 1 aliphatic heterocycles. The van der Waals surface area contributed by atoms with Crippen LogP contribution in [0.5, 0.6) is 0 Å². The monoisotopic (exact) mass is 149 g/mol. The highest BCUT2D eigenvalue weighted by atomic mass is 15.1. The Bertz CT molecular complexity index is 270. The number of fused-ring (bicyclic) bond motifs is 1. The predicted octanol–water partition coefficient (Wildman–Crippen LogP) is 1.52. The van der Waals surface area contributed by atoms with Gasteiger partial charge in [-0.1, -0.05) is 0 Å². The van der Waals surface area contributed by atoms with Crippen LogP contribution in [0.15, 0.2) is 18.2 Å². The Labute approximate surface area is 65.8 Å². The molecule has 0 amide bonds. The summed E-state index contributed by atoms with van der Waals surface area (Å²) in [5.41, 5.74) is 3.50. The van der Waals surface area contributed by atoms with Crippen LogP contribution in [0.2, 0.25) is 0 Å². The zero-order chi connectivity index (χ0) is 7.68. The van der Waals surface area contributed by atoms with Gasteiger partial charge in [0.25, 0.3) is 0 Å². The molecule has 0 saturated heterocycles. The van der Waals surface area contributed by atoms with Crippen molar-refractivity contribution in [1.82, 2.24) is 0 Å². The maximum atomic E-state index is 3.22. The van der Waals surface area contributed by atoms with E-state index >= 15 is 0 Å². The summed E-state index contributed by atoms with van der Waals surface area (Å²) in [5.74, 6) is 0. The van der Waals surface area contributed by atoms with Crippen molar-refractivity contribution in [3.05, 3.63) is 18.2 Å². The van der Waals surface area contributed by atoms with Crippen molar-refractivity contribution in [2.75, 3.05) is 29.7 Å². The van der Waals surface area contributed by atoms with Crippen LogP contribution in [-0.2, 0) is 0 Å². The van der Waals surface area contributed by atoms with Crippen LogP contribution in [0.3, 0.4) is 0 Å². The molecule has 0 radical (unpaired) electrons. The van der Waals surface area contributed by atoms with E-state index in [0.717, 1.165) is 12.4 Å². The standard InChI is InChI=1S/C8H11N3/c1-9-6-2-3-7-8(4-6)11-5-10-7/h2-4,9-11H,5H2,1H3. The Morgan fingerprint density at radius 3 is 2.91 bits per heavy atom. The summed E-state index contributed by atoms with van der Waals surface area (Å²) in [6, 6.07) is 6.22. The van der Waals surface area contributed by atoms with E-state index in [1.54, 1.807) is 0 Å². The summed E-state index contributed by atoms with van der Waals surface area (Å²) >= 11 is 0. The average molecular weight is 149 g/mol. The molecule has 0 spiro atoms. The zero-order valence-corrected chi connectivity index (χ0v) is 6.44. The summed E-state index contributed by atoms with van der Waals surface area (Å²) in [5, 5.41) is 9.53. The fourth-order valence-electron chi connectivity index (χ4n) is 1.23. The molecule has 0 atom stereocenters. The number of hydrogen-bond donors (Lipinski definition) is 3. The van der Waals surface area contributed by atoms with Crippen LogP contribution in [0.25, 0.3) is 0 Å². The lowest BCUT2D eigenvalue weighted by atomic mass is 10.2. The fourth-order valence-corrected chi connectivity index (χ4v) is 1.23. The molecule has 0 saturated carbocycles. The third-order valence-electron chi connectivity index (χ3n) is 1.87. The SMILES string of the molecule is CNc1ccc2c(c1)NCN2. The highest BCUT2D eigenvalue weighted by Gasteiger charge is 2.07. The maximum Gasteiger partial charge on any atom is 0.0850 e. The lowest BCUT2D eigenvalue weighted by Crippen LogP contribution is -1.98. The largest absolute Gasteiger partial charge is 0.388 e. The first-order valence-electron chi connectivity index (χ1n) is 3.70. The van der Waals surface area contributed by atoms with E-state index < -0.39 is 0 Å². The quantitative estimate of drug-likeness (QED) is 0.566. The highest BCUT2D eigenvalue weighted by molar-refractivity contribution is 5.77. The van der Waals surface area contributed by atoms with Crippen molar-refractivity contribution in [2.45, 2.75) is 0 Å². The maximum absolute atomic E-state index is 3.22. The van der Waals surface area contributed by atoms with Gasteiger partial charge in [-0.2, -0.15) is 0 Å². The van der Waals surface area contributed by atoms with Crippen LogP contribution >= 0.6 is 0 Å². The number of anilines is 3. The van der Waals surface area contributed by atoms with Crippen molar-refractivity contribution in [3.8, 4) is 0 Å². The molecule has 3 N–H and O–H groups in total. The lowest BCUT2D eigenvalue weighted by molar-refractivity contribution is 1.31. The van der Waals surface area contributed by atoms with Gasteiger partial charge in [-0.25, -0.2) is 0 Å². The molecule has 11 heavy (non-hydrogen) atoms. The van der Waals surface area contributed by atoms with Crippen molar-refractivity contribution in [2.24, 2.45) is 0 Å². The Hall–Kier alpha value is -1.38. The van der Waals surface area contributed by atoms with E-state index in [4.69, 9.17) is 0 Å². The van der Waals surface area contributed by atoms with Crippen LogP contribution in [0.1, 0.15) is 0 Å². The predicted molar refractivity (Wildman–Crippen MR) is 48.1 cm³/mol. The molecule has 1 heterocycles. The van der Waals surface area contributed by atoms with Gasteiger partial charge in [0.1, 0.15) is 0 Å². The van der Waals surface area contributed by atoms with Gasteiger partial charge in [-0.15, -0.1) is 0 Å². The molecular weight excluding hydrogens is 138 g/mol. The zero-order valence-electron chi connectivity index (χ0n) is 6.44. The van der Waals surface area contributed by atoms with Crippen molar-refractivity contribution < 1.29 is 0 Å². The van der Waals surface area contributed by atoms with Crippen molar-refractivity contribution in [3.63, 3.8) is 0 Å². The fraction of sp³-hybridized carbons (Fsp3) is 0.250. The smallest absolute Gasteiger partial charge is 0.0850 e. The molecular formula is C8H11N3. The molecule has 1 aliphatic rings. The molecule has 3 heteroatoms. The summed E-state index contributed by atoms with van der Waals surface area (Å²) in [4.78, 5) is 0. The third-order valence-corrected chi connectivity index (χ3v) is 1.87.